The predicted molar refractivity (Wildman–Crippen MR) is 72.5 cm³/mol. The Balaban J connectivity index is 2.25. The molecule has 0 aliphatic carbocycles. The molecular weight excluding hydrogens is 226 g/mol. The summed E-state index contributed by atoms with van der Waals surface area (Å²) in [6, 6.07) is 10.1. The van der Waals surface area contributed by atoms with E-state index in [1.807, 2.05) is 12.1 Å². The van der Waals surface area contributed by atoms with Crippen LogP contribution in [0.15, 0.2) is 30.3 Å². The van der Waals surface area contributed by atoms with Crippen LogP contribution in [-0.4, -0.2) is 28.5 Å². The number of nitrogens with one attached hydrogen (secondary N) is 1. The number of hydrogen-bond acceptors (Lipinski definition) is 4. The fourth-order valence-electron chi connectivity index (χ4n) is 1.77. The van der Waals surface area contributed by atoms with Gasteiger partial charge in [0.1, 0.15) is 5.82 Å². The number of aryl methyl sites for hydroxylation is 2. The molecule has 2 aromatic rings. The first-order valence-electron chi connectivity index (χ1n) is 5.97. The smallest absolute Gasteiger partial charge is 0.148 e. The lowest BCUT2D eigenvalue weighted by Gasteiger charge is -2.07. The van der Waals surface area contributed by atoms with Gasteiger partial charge in [0.05, 0.1) is 12.3 Å². The maximum Gasteiger partial charge on any atom is 0.148 e. The number of aliphatic hydroxyl groups is 1. The summed E-state index contributed by atoms with van der Waals surface area (Å²) < 4.78 is 0. The first-order chi connectivity index (χ1) is 8.70. The van der Waals surface area contributed by atoms with Crippen molar-refractivity contribution in [2.24, 2.45) is 0 Å². The molecule has 0 saturated carbocycles. The number of hydrogen-bond donors (Lipinski definition) is 2. The molecule has 4 heteroatoms. The molecule has 4 nitrogen and oxygen atoms in total. The van der Waals surface area contributed by atoms with Crippen LogP contribution in [0, 0.1) is 13.8 Å². The highest BCUT2D eigenvalue weighted by molar-refractivity contribution is 5.64. The first-order valence-corrected chi connectivity index (χ1v) is 5.97. The number of aliphatic hydroxyl groups excluding tert-OH is 1. The third-order valence-electron chi connectivity index (χ3n) is 2.75. The van der Waals surface area contributed by atoms with Crippen molar-refractivity contribution in [2.75, 3.05) is 18.5 Å². The number of aromatic nitrogens is 2. The normalized spacial score (nSPS) is 10.4. The van der Waals surface area contributed by atoms with Crippen molar-refractivity contribution in [3.05, 3.63) is 41.5 Å². The summed E-state index contributed by atoms with van der Waals surface area (Å²) in [4.78, 5) is 0. The monoisotopic (exact) mass is 243 g/mol. The molecule has 0 radical (unpaired) electrons. The van der Waals surface area contributed by atoms with Crippen molar-refractivity contribution >= 4 is 5.82 Å². The lowest BCUT2D eigenvalue weighted by atomic mass is 10.0. The molecule has 18 heavy (non-hydrogen) atoms. The average Bonchev–Trinajstić information content (AvgIpc) is 2.40. The topological polar surface area (TPSA) is 58.0 Å². The second-order valence-corrected chi connectivity index (χ2v) is 4.27. The van der Waals surface area contributed by atoms with Gasteiger partial charge in [-0.1, -0.05) is 17.7 Å². The zero-order valence-electron chi connectivity index (χ0n) is 10.6. The van der Waals surface area contributed by atoms with Crippen LogP contribution < -0.4 is 5.32 Å². The summed E-state index contributed by atoms with van der Waals surface area (Å²) in [5, 5.41) is 20.0. The average molecular weight is 243 g/mol. The Morgan fingerprint density at radius 3 is 2.61 bits per heavy atom. The van der Waals surface area contributed by atoms with Crippen molar-refractivity contribution in [3.8, 4) is 11.3 Å². The van der Waals surface area contributed by atoms with E-state index in [9.17, 15) is 0 Å². The third kappa shape index (κ3) is 2.84. The van der Waals surface area contributed by atoms with Crippen LogP contribution in [0.4, 0.5) is 5.82 Å². The van der Waals surface area contributed by atoms with Crippen LogP contribution >= 0.6 is 0 Å². The van der Waals surface area contributed by atoms with Crippen molar-refractivity contribution in [1.82, 2.24) is 10.2 Å². The van der Waals surface area contributed by atoms with Crippen molar-refractivity contribution < 1.29 is 5.11 Å². The van der Waals surface area contributed by atoms with Gasteiger partial charge in [-0.25, -0.2) is 0 Å². The van der Waals surface area contributed by atoms with E-state index in [1.165, 1.54) is 11.1 Å². The van der Waals surface area contributed by atoms with Gasteiger partial charge in [-0.15, -0.1) is 10.2 Å². The van der Waals surface area contributed by atoms with Gasteiger partial charge in [0.25, 0.3) is 0 Å². The summed E-state index contributed by atoms with van der Waals surface area (Å²) in [7, 11) is 0. The van der Waals surface area contributed by atoms with E-state index >= 15 is 0 Å². The minimum absolute atomic E-state index is 0.0837. The maximum atomic E-state index is 8.72. The highest BCUT2D eigenvalue weighted by Gasteiger charge is 2.04. The summed E-state index contributed by atoms with van der Waals surface area (Å²) in [6.07, 6.45) is 0. The minimum atomic E-state index is 0.0837. The number of rotatable bonds is 4. The molecule has 1 aromatic carbocycles. The van der Waals surface area contributed by atoms with E-state index in [2.05, 4.69) is 47.6 Å². The van der Waals surface area contributed by atoms with E-state index in [0.29, 0.717) is 12.4 Å². The Morgan fingerprint density at radius 2 is 1.94 bits per heavy atom. The second kappa shape index (κ2) is 5.60. The van der Waals surface area contributed by atoms with Gasteiger partial charge in [0.15, 0.2) is 0 Å². The second-order valence-electron chi connectivity index (χ2n) is 4.27. The molecule has 0 fully saturated rings. The Bertz CT molecular complexity index is 523. The first kappa shape index (κ1) is 12.5. The molecule has 1 aromatic heterocycles. The molecule has 94 valence electrons. The quantitative estimate of drug-likeness (QED) is 0.864. The standard InChI is InChI=1S/C14H17N3O/c1-10-3-4-11(2)12(9-10)13-5-6-14(17-16-13)15-7-8-18/h3-6,9,18H,7-8H2,1-2H3,(H,15,17). The molecule has 2 rings (SSSR count). The maximum absolute atomic E-state index is 8.72. The van der Waals surface area contributed by atoms with E-state index in [4.69, 9.17) is 5.11 Å². The van der Waals surface area contributed by atoms with Crippen molar-refractivity contribution in [3.63, 3.8) is 0 Å². The lowest BCUT2D eigenvalue weighted by molar-refractivity contribution is 0.311. The number of benzene rings is 1. The number of nitrogens with zero attached hydrogens (tertiary/aromatic N) is 2. The van der Waals surface area contributed by atoms with E-state index in [-0.39, 0.29) is 6.61 Å². The van der Waals surface area contributed by atoms with E-state index in [1.54, 1.807) is 0 Å². The molecule has 0 aliphatic heterocycles. The fourth-order valence-corrected chi connectivity index (χ4v) is 1.77. The van der Waals surface area contributed by atoms with Gasteiger partial charge in [-0.3, -0.25) is 0 Å². The van der Waals surface area contributed by atoms with Gasteiger partial charge >= 0.3 is 0 Å². The van der Waals surface area contributed by atoms with Gasteiger partial charge in [-0.2, -0.15) is 0 Å². The summed E-state index contributed by atoms with van der Waals surface area (Å²) >= 11 is 0. The van der Waals surface area contributed by atoms with Crippen molar-refractivity contribution in [2.45, 2.75) is 13.8 Å². The summed E-state index contributed by atoms with van der Waals surface area (Å²) in [5.74, 6) is 0.679. The van der Waals surface area contributed by atoms with Gasteiger partial charge < -0.3 is 10.4 Å². The molecule has 0 amide bonds. The molecule has 1 heterocycles. The lowest BCUT2D eigenvalue weighted by Crippen LogP contribution is -2.07. The fraction of sp³-hybridized carbons (Fsp3) is 0.286. The molecule has 2 N–H and O–H groups in total. The summed E-state index contributed by atoms with van der Waals surface area (Å²) in [6.45, 7) is 4.69. The van der Waals surface area contributed by atoms with Gasteiger partial charge in [0.2, 0.25) is 0 Å². The molecule has 0 spiro atoms. The van der Waals surface area contributed by atoms with Gasteiger partial charge in [0, 0.05) is 12.1 Å². The Kier molecular flexibility index (Phi) is 3.89. The van der Waals surface area contributed by atoms with Crippen LogP contribution in [0.5, 0.6) is 0 Å². The molecule has 0 atom stereocenters. The Morgan fingerprint density at radius 1 is 1.11 bits per heavy atom. The molecule has 0 saturated heterocycles. The van der Waals surface area contributed by atoms with Crippen LogP contribution in [0.3, 0.4) is 0 Å². The molecule has 0 bridgehead atoms. The van der Waals surface area contributed by atoms with E-state index < -0.39 is 0 Å². The zero-order valence-corrected chi connectivity index (χ0v) is 10.6. The van der Waals surface area contributed by atoms with Crippen molar-refractivity contribution in [1.29, 1.82) is 0 Å². The SMILES string of the molecule is Cc1ccc(C)c(-c2ccc(NCCO)nn2)c1. The van der Waals surface area contributed by atoms with Crippen LogP contribution in [0.1, 0.15) is 11.1 Å². The Labute approximate surface area is 107 Å². The molecule has 0 aliphatic rings. The van der Waals surface area contributed by atoms with Crippen LogP contribution in [0.25, 0.3) is 11.3 Å². The Hall–Kier alpha value is -1.94. The van der Waals surface area contributed by atoms with Crippen LogP contribution in [-0.2, 0) is 0 Å². The highest BCUT2D eigenvalue weighted by atomic mass is 16.3. The number of anilines is 1. The largest absolute Gasteiger partial charge is 0.395 e. The molecule has 0 unspecified atom stereocenters. The predicted octanol–water partition coefficient (Wildman–Crippen LogP) is 2.16. The molecular formula is C14H17N3O. The highest BCUT2D eigenvalue weighted by Crippen LogP contribution is 2.22. The minimum Gasteiger partial charge on any atom is -0.395 e. The zero-order chi connectivity index (χ0) is 13.0. The van der Waals surface area contributed by atoms with E-state index in [0.717, 1.165) is 11.3 Å². The van der Waals surface area contributed by atoms with Crippen LogP contribution in [0.2, 0.25) is 0 Å². The third-order valence-corrected chi connectivity index (χ3v) is 2.75. The summed E-state index contributed by atoms with van der Waals surface area (Å²) in [5.41, 5.74) is 4.37. The van der Waals surface area contributed by atoms with Gasteiger partial charge in [-0.05, 0) is 37.6 Å².